The minimum absolute atomic E-state index is 0.0894. The summed E-state index contributed by atoms with van der Waals surface area (Å²) in [6, 6.07) is 9.69. The molecule has 1 fully saturated rings. The van der Waals surface area contributed by atoms with E-state index in [2.05, 4.69) is 10.1 Å². The summed E-state index contributed by atoms with van der Waals surface area (Å²) >= 11 is 0. The first kappa shape index (κ1) is 20.6. The lowest BCUT2D eigenvalue weighted by Gasteiger charge is -2.14. The van der Waals surface area contributed by atoms with E-state index in [0.717, 1.165) is 12.1 Å². The van der Waals surface area contributed by atoms with Gasteiger partial charge in [0.05, 0.1) is 5.56 Å². The zero-order valence-corrected chi connectivity index (χ0v) is 16.5. The number of rotatable bonds is 8. The van der Waals surface area contributed by atoms with Gasteiger partial charge in [-0.25, -0.2) is 13.6 Å². The summed E-state index contributed by atoms with van der Waals surface area (Å²) < 4.78 is 39.0. The largest absolute Gasteiger partial charge is 0.481 e. The number of hydrogen-bond donors (Lipinski definition) is 1. The van der Waals surface area contributed by atoms with Crippen LogP contribution in [0.1, 0.15) is 58.9 Å². The molecule has 0 spiro atoms. The number of nitrogens with zero attached hydrogens (tertiary/aromatic N) is 2. The van der Waals surface area contributed by atoms with Gasteiger partial charge in [-0.15, -0.1) is 0 Å². The maximum atomic E-state index is 13.9. The molecule has 1 aliphatic rings. The summed E-state index contributed by atoms with van der Waals surface area (Å²) in [6.45, 7) is 1.84. The third kappa shape index (κ3) is 4.16. The summed E-state index contributed by atoms with van der Waals surface area (Å²) in [5, 5.41) is 12.7. The van der Waals surface area contributed by atoms with E-state index < -0.39 is 34.9 Å². The third-order valence-corrected chi connectivity index (χ3v) is 5.04. The van der Waals surface area contributed by atoms with Crippen LogP contribution >= 0.6 is 0 Å². The van der Waals surface area contributed by atoms with E-state index in [1.165, 1.54) is 18.2 Å². The lowest BCUT2D eigenvalue weighted by atomic mass is 10.1. The highest BCUT2D eigenvalue weighted by Gasteiger charge is 2.50. The summed E-state index contributed by atoms with van der Waals surface area (Å²) in [5.74, 6) is -2.12. The van der Waals surface area contributed by atoms with Gasteiger partial charge in [-0.05, 0) is 61.7 Å². The van der Waals surface area contributed by atoms with Crippen molar-refractivity contribution in [3.8, 4) is 17.1 Å². The lowest BCUT2D eigenvalue weighted by Crippen LogP contribution is -2.16. The number of carbonyl (C=O) groups excluding carboxylic acids is 1. The van der Waals surface area contributed by atoms with Gasteiger partial charge in [-0.2, -0.15) is 4.98 Å². The van der Waals surface area contributed by atoms with Gasteiger partial charge in [0.1, 0.15) is 11.6 Å². The number of aromatic carboxylic acids is 1. The summed E-state index contributed by atoms with van der Waals surface area (Å²) in [6.07, 6.45) is 0.374. The van der Waals surface area contributed by atoms with E-state index in [9.17, 15) is 18.4 Å². The van der Waals surface area contributed by atoms with Gasteiger partial charge in [-0.3, -0.25) is 4.79 Å². The molecule has 1 N–H and O–H groups in total. The number of alkyl halides is 1. The third-order valence-electron chi connectivity index (χ3n) is 5.04. The Balaban J connectivity index is 1.49. The van der Waals surface area contributed by atoms with Crippen LogP contribution in [-0.2, 0) is 0 Å². The number of carboxylic acid groups (broad SMARTS) is 1. The smallest absolute Gasteiger partial charge is 0.338 e. The average Bonchev–Trinajstić information content (AvgIpc) is 3.32. The standard InChI is InChI=1S/C22H18F2N2O5/c1-2-17(30-14-6-3-12(4-7-14)18(27)22(24)9-10-22)20-25-19(26-31-20)13-5-8-15(21(28)29)16(23)11-13/h3-8,11,17H,2,9-10H2,1H3,(H,28,29). The molecule has 3 aromatic rings. The van der Waals surface area contributed by atoms with Crippen molar-refractivity contribution in [3.63, 3.8) is 0 Å². The summed E-state index contributed by atoms with van der Waals surface area (Å²) in [4.78, 5) is 27.2. The molecule has 1 heterocycles. The van der Waals surface area contributed by atoms with Crippen molar-refractivity contribution in [1.29, 1.82) is 0 Å². The molecule has 160 valence electrons. The van der Waals surface area contributed by atoms with Crippen LogP contribution in [0, 0.1) is 5.82 Å². The molecular formula is C22H18F2N2O5. The number of Topliss-reactive ketones (excluding diaryl/α,β-unsaturated/α-hetero) is 1. The second-order valence-corrected chi connectivity index (χ2v) is 7.29. The number of halogens is 2. The molecule has 1 unspecified atom stereocenters. The summed E-state index contributed by atoms with van der Waals surface area (Å²) in [7, 11) is 0. The fourth-order valence-electron chi connectivity index (χ4n) is 3.06. The van der Waals surface area contributed by atoms with Crippen LogP contribution in [0.5, 0.6) is 5.75 Å². The maximum Gasteiger partial charge on any atom is 0.338 e. The number of hydrogen-bond acceptors (Lipinski definition) is 6. The minimum Gasteiger partial charge on any atom is -0.481 e. The molecule has 31 heavy (non-hydrogen) atoms. The van der Waals surface area contributed by atoms with Crippen molar-refractivity contribution < 1.29 is 32.7 Å². The molecule has 0 radical (unpaired) electrons. The van der Waals surface area contributed by atoms with Crippen LogP contribution in [0.25, 0.3) is 11.4 Å². The van der Waals surface area contributed by atoms with Crippen LogP contribution in [-0.4, -0.2) is 32.7 Å². The first-order chi connectivity index (χ1) is 14.8. The predicted molar refractivity (Wildman–Crippen MR) is 104 cm³/mol. The second kappa shape index (κ2) is 7.90. The Kier molecular flexibility index (Phi) is 5.26. The molecule has 1 atom stereocenters. The van der Waals surface area contributed by atoms with Crippen LogP contribution in [0.3, 0.4) is 0 Å². The van der Waals surface area contributed by atoms with Crippen LogP contribution in [0.15, 0.2) is 47.0 Å². The fourth-order valence-corrected chi connectivity index (χ4v) is 3.06. The van der Waals surface area contributed by atoms with Crippen molar-refractivity contribution in [1.82, 2.24) is 10.1 Å². The molecule has 1 aliphatic carbocycles. The van der Waals surface area contributed by atoms with Crippen LogP contribution in [0.4, 0.5) is 8.78 Å². The van der Waals surface area contributed by atoms with E-state index >= 15 is 0 Å². The van der Waals surface area contributed by atoms with E-state index in [4.69, 9.17) is 14.4 Å². The van der Waals surface area contributed by atoms with Crippen molar-refractivity contribution >= 4 is 11.8 Å². The molecule has 7 nitrogen and oxygen atoms in total. The monoisotopic (exact) mass is 428 g/mol. The van der Waals surface area contributed by atoms with Gasteiger partial charge >= 0.3 is 5.97 Å². The fraction of sp³-hybridized carbons (Fsp3) is 0.273. The predicted octanol–water partition coefficient (Wildman–Crippen LogP) is 4.79. The highest BCUT2D eigenvalue weighted by Crippen LogP contribution is 2.42. The number of carbonyl (C=O) groups is 2. The van der Waals surface area contributed by atoms with Crippen LogP contribution < -0.4 is 4.74 Å². The number of ketones is 1. The van der Waals surface area contributed by atoms with Gasteiger partial charge in [0, 0.05) is 11.1 Å². The molecule has 0 saturated heterocycles. The van der Waals surface area contributed by atoms with Crippen molar-refractivity contribution in [2.75, 3.05) is 0 Å². The highest BCUT2D eigenvalue weighted by atomic mass is 19.1. The maximum absolute atomic E-state index is 13.9. The van der Waals surface area contributed by atoms with Gasteiger partial charge in [0.25, 0.3) is 5.89 Å². The number of benzene rings is 2. The zero-order valence-electron chi connectivity index (χ0n) is 16.5. The van der Waals surface area contributed by atoms with E-state index in [-0.39, 0.29) is 35.7 Å². The van der Waals surface area contributed by atoms with Gasteiger partial charge in [0.2, 0.25) is 5.82 Å². The normalized spacial score (nSPS) is 15.3. The Hall–Kier alpha value is -3.62. The van der Waals surface area contributed by atoms with E-state index in [0.29, 0.717) is 12.2 Å². The molecule has 0 amide bonds. The second-order valence-electron chi connectivity index (χ2n) is 7.29. The Morgan fingerprint density at radius 1 is 1.23 bits per heavy atom. The minimum atomic E-state index is -1.73. The van der Waals surface area contributed by atoms with E-state index in [1.807, 2.05) is 6.92 Å². The Bertz CT molecular complexity index is 1140. The van der Waals surface area contributed by atoms with Crippen molar-refractivity contribution in [2.45, 2.75) is 38.0 Å². The first-order valence-electron chi connectivity index (χ1n) is 9.68. The Morgan fingerprint density at radius 2 is 1.94 bits per heavy atom. The van der Waals surface area contributed by atoms with Crippen molar-refractivity contribution in [2.24, 2.45) is 0 Å². The number of ether oxygens (including phenoxy) is 1. The SMILES string of the molecule is CCC(Oc1ccc(C(=O)C2(F)CC2)cc1)c1nc(-c2ccc(C(=O)O)c(F)c2)no1. The number of carboxylic acids is 1. The van der Waals surface area contributed by atoms with Gasteiger partial charge in [-0.1, -0.05) is 12.1 Å². The molecule has 1 saturated carbocycles. The van der Waals surface area contributed by atoms with Gasteiger partial charge < -0.3 is 14.4 Å². The molecule has 2 aromatic carbocycles. The zero-order chi connectivity index (χ0) is 22.2. The Labute approximate surface area is 175 Å². The molecule has 0 bridgehead atoms. The molecular weight excluding hydrogens is 410 g/mol. The quantitative estimate of drug-likeness (QED) is 0.515. The lowest BCUT2D eigenvalue weighted by molar-refractivity contribution is 0.0691. The Morgan fingerprint density at radius 3 is 2.52 bits per heavy atom. The summed E-state index contributed by atoms with van der Waals surface area (Å²) in [5.41, 5.74) is -1.64. The van der Waals surface area contributed by atoms with Gasteiger partial charge in [0.15, 0.2) is 17.6 Å². The average molecular weight is 428 g/mol. The molecule has 9 heteroatoms. The van der Waals surface area contributed by atoms with E-state index in [1.54, 1.807) is 12.1 Å². The number of aromatic nitrogens is 2. The van der Waals surface area contributed by atoms with Crippen LogP contribution in [0.2, 0.25) is 0 Å². The topological polar surface area (TPSA) is 103 Å². The molecule has 1 aromatic heterocycles. The first-order valence-corrected chi connectivity index (χ1v) is 9.68. The van der Waals surface area contributed by atoms with Crippen molar-refractivity contribution in [3.05, 3.63) is 65.3 Å². The molecule has 0 aliphatic heterocycles. The highest BCUT2D eigenvalue weighted by molar-refractivity contribution is 6.04. The molecule has 4 rings (SSSR count).